The zero-order chi connectivity index (χ0) is 19.8. The van der Waals surface area contributed by atoms with Crippen LogP contribution in [0.2, 0.25) is 0 Å². The van der Waals surface area contributed by atoms with Gasteiger partial charge < -0.3 is 9.88 Å². The van der Waals surface area contributed by atoms with Crippen molar-refractivity contribution in [2.45, 2.75) is 19.4 Å². The van der Waals surface area contributed by atoms with Crippen LogP contribution in [0.1, 0.15) is 17.5 Å². The third-order valence-corrected chi connectivity index (χ3v) is 5.89. The maximum atomic E-state index is 12.4. The number of hydrogen-bond donors (Lipinski definition) is 1. The summed E-state index contributed by atoms with van der Waals surface area (Å²) in [5.41, 5.74) is 3.67. The molecule has 0 saturated carbocycles. The normalized spacial score (nSPS) is 16.7. The van der Waals surface area contributed by atoms with Crippen LogP contribution in [-0.4, -0.2) is 43.7 Å². The quantitative estimate of drug-likeness (QED) is 0.536. The highest BCUT2D eigenvalue weighted by molar-refractivity contribution is 5.85. The predicted molar refractivity (Wildman–Crippen MR) is 118 cm³/mol. The maximum Gasteiger partial charge on any atom is 0.350 e. The first-order valence-corrected chi connectivity index (χ1v) is 9.98. The Morgan fingerprint density at radius 3 is 2.97 bits per heavy atom. The van der Waals surface area contributed by atoms with Crippen molar-refractivity contribution in [2.24, 2.45) is 5.92 Å². The number of nitrogens with one attached hydrogen (secondary N) is 1. The van der Waals surface area contributed by atoms with E-state index in [0.29, 0.717) is 23.7 Å². The van der Waals surface area contributed by atoms with Crippen molar-refractivity contribution < 1.29 is 0 Å². The van der Waals surface area contributed by atoms with Crippen LogP contribution >= 0.6 is 12.4 Å². The number of pyridine rings is 1. The summed E-state index contributed by atoms with van der Waals surface area (Å²) in [7, 11) is 0. The van der Waals surface area contributed by atoms with Crippen LogP contribution in [0.5, 0.6) is 0 Å². The van der Waals surface area contributed by atoms with Gasteiger partial charge in [-0.1, -0.05) is 6.07 Å². The van der Waals surface area contributed by atoms with Crippen molar-refractivity contribution >= 4 is 29.0 Å². The Kier molecular flexibility index (Phi) is 5.62. The fraction of sp³-hybridized carbons (Fsp3) is 0.318. The molecular formula is C22H23ClN6O. The smallest absolute Gasteiger partial charge is 0.350 e. The van der Waals surface area contributed by atoms with Crippen LogP contribution in [-0.2, 0) is 13.0 Å². The number of rotatable bonds is 5. The Balaban J connectivity index is 0.00000218. The molecule has 0 spiro atoms. The fourth-order valence-corrected chi connectivity index (χ4v) is 4.36. The summed E-state index contributed by atoms with van der Waals surface area (Å²) in [6.07, 6.45) is 5.97. The zero-order valence-corrected chi connectivity index (χ0v) is 17.3. The lowest BCUT2D eigenvalue weighted by Gasteiger charge is -2.15. The van der Waals surface area contributed by atoms with Gasteiger partial charge >= 0.3 is 5.69 Å². The van der Waals surface area contributed by atoms with Gasteiger partial charge in [-0.2, -0.15) is 5.26 Å². The lowest BCUT2D eigenvalue weighted by atomic mass is 9.98. The Labute approximate surface area is 179 Å². The molecule has 3 aromatic heterocycles. The second-order valence-electron chi connectivity index (χ2n) is 7.78. The molecule has 1 saturated heterocycles. The number of aromatic amines is 1. The standard InChI is InChI=1S/C22H22N6O.ClH/c23-13-16-4-5-20-19(12-16)18(14-24-20)11-17-6-8-26(15-17)9-10-28-22(29)27-7-2-1-3-21(27)25-28;/h1-5,7,12,14,17,24H,6,8-11,15H2;1H. The van der Waals surface area contributed by atoms with E-state index in [-0.39, 0.29) is 18.1 Å². The molecule has 1 aromatic carbocycles. The number of nitriles is 1. The largest absolute Gasteiger partial charge is 0.361 e. The molecule has 5 rings (SSSR count). The van der Waals surface area contributed by atoms with Crippen molar-refractivity contribution in [3.8, 4) is 6.07 Å². The first kappa shape index (κ1) is 20.2. The SMILES string of the molecule is Cl.N#Cc1ccc2[nH]cc(CC3CCN(CCn4nc5ccccn5c4=O)C3)c2c1. The minimum absolute atomic E-state index is 0. The monoisotopic (exact) mass is 422 g/mol. The number of H-pyrrole nitrogens is 1. The minimum Gasteiger partial charge on any atom is -0.361 e. The van der Waals surface area contributed by atoms with Gasteiger partial charge in [-0.05, 0) is 61.2 Å². The van der Waals surface area contributed by atoms with Crippen molar-refractivity contribution in [2.75, 3.05) is 19.6 Å². The average molecular weight is 423 g/mol. The first-order valence-electron chi connectivity index (χ1n) is 9.98. The molecule has 1 unspecified atom stereocenters. The second-order valence-corrected chi connectivity index (χ2v) is 7.78. The highest BCUT2D eigenvalue weighted by Crippen LogP contribution is 2.26. The Morgan fingerprint density at radius 1 is 1.23 bits per heavy atom. The molecule has 154 valence electrons. The molecular weight excluding hydrogens is 400 g/mol. The number of hydrogen-bond acceptors (Lipinski definition) is 4. The third kappa shape index (κ3) is 3.72. The molecule has 30 heavy (non-hydrogen) atoms. The molecule has 0 radical (unpaired) electrons. The number of aromatic nitrogens is 4. The van der Waals surface area contributed by atoms with Crippen molar-refractivity contribution in [3.63, 3.8) is 0 Å². The lowest BCUT2D eigenvalue weighted by molar-refractivity contribution is 0.301. The molecule has 1 N–H and O–H groups in total. The van der Waals surface area contributed by atoms with Gasteiger partial charge in [0.05, 0.1) is 18.2 Å². The van der Waals surface area contributed by atoms with Crippen LogP contribution < -0.4 is 5.69 Å². The molecule has 1 aliphatic heterocycles. The van der Waals surface area contributed by atoms with Gasteiger partial charge in [0.1, 0.15) is 0 Å². The Hall–Kier alpha value is -3.08. The van der Waals surface area contributed by atoms with E-state index in [1.54, 1.807) is 15.3 Å². The van der Waals surface area contributed by atoms with E-state index in [4.69, 9.17) is 5.26 Å². The highest BCUT2D eigenvalue weighted by atomic mass is 35.5. The van der Waals surface area contributed by atoms with Crippen LogP contribution in [0.25, 0.3) is 16.6 Å². The third-order valence-electron chi connectivity index (χ3n) is 5.89. The Morgan fingerprint density at radius 2 is 2.13 bits per heavy atom. The predicted octanol–water partition coefficient (Wildman–Crippen LogP) is 2.84. The molecule has 1 fully saturated rings. The van der Waals surface area contributed by atoms with E-state index in [1.165, 1.54) is 5.56 Å². The van der Waals surface area contributed by atoms with Crippen LogP contribution in [0.15, 0.2) is 53.6 Å². The number of halogens is 1. The van der Waals surface area contributed by atoms with Gasteiger partial charge in [-0.25, -0.2) is 9.48 Å². The van der Waals surface area contributed by atoms with E-state index in [0.717, 1.165) is 43.4 Å². The average Bonchev–Trinajstić information content (AvgIpc) is 3.45. The van der Waals surface area contributed by atoms with E-state index in [9.17, 15) is 4.79 Å². The summed E-state index contributed by atoms with van der Waals surface area (Å²) in [5, 5.41) is 14.7. The molecule has 0 bridgehead atoms. The van der Waals surface area contributed by atoms with Crippen LogP contribution in [0, 0.1) is 17.2 Å². The highest BCUT2D eigenvalue weighted by Gasteiger charge is 2.23. The number of nitrogens with zero attached hydrogens (tertiary/aromatic N) is 5. The van der Waals surface area contributed by atoms with Crippen molar-refractivity contribution in [1.82, 2.24) is 24.1 Å². The zero-order valence-electron chi connectivity index (χ0n) is 16.5. The summed E-state index contributed by atoms with van der Waals surface area (Å²) in [6.45, 7) is 3.49. The molecule has 4 heterocycles. The van der Waals surface area contributed by atoms with Gasteiger partial charge in [-0.3, -0.25) is 4.40 Å². The van der Waals surface area contributed by atoms with E-state index >= 15 is 0 Å². The molecule has 8 heteroatoms. The van der Waals surface area contributed by atoms with Crippen LogP contribution in [0.3, 0.4) is 0 Å². The lowest BCUT2D eigenvalue weighted by Crippen LogP contribution is -2.30. The number of benzene rings is 1. The topological polar surface area (TPSA) is 82.1 Å². The minimum atomic E-state index is -0.0802. The maximum absolute atomic E-state index is 12.4. The first-order chi connectivity index (χ1) is 14.2. The van der Waals surface area contributed by atoms with E-state index in [1.807, 2.05) is 36.4 Å². The Bertz CT molecular complexity index is 1280. The van der Waals surface area contributed by atoms with Crippen LogP contribution in [0.4, 0.5) is 0 Å². The second kappa shape index (κ2) is 8.34. The molecule has 0 amide bonds. The van der Waals surface area contributed by atoms with E-state index in [2.05, 4.69) is 27.2 Å². The van der Waals surface area contributed by atoms with Gasteiger partial charge in [0, 0.05) is 36.4 Å². The summed E-state index contributed by atoms with van der Waals surface area (Å²) in [5.74, 6) is 0.581. The molecule has 7 nitrogen and oxygen atoms in total. The number of fused-ring (bicyclic) bond motifs is 2. The number of likely N-dealkylation sites (tertiary alicyclic amines) is 1. The van der Waals surface area contributed by atoms with Gasteiger partial charge in [0.15, 0.2) is 5.65 Å². The van der Waals surface area contributed by atoms with Gasteiger partial charge in [0.2, 0.25) is 0 Å². The summed E-state index contributed by atoms with van der Waals surface area (Å²) < 4.78 is 3.14. The summed E-state index contributed by atoms with van der Waals surface area (Å²) in [6, 6.07) is 13.6. The molecule has 4 aromatic rings. The van der Waals surface area contributed by atoms with Gasteiger partial charge in [-0.15, -0.1) is 17.5 Å². The molecule has 0 aliphatic carbocycles. The summed E-state index contributed by atoms with van der Waals surface area (Å²) >= 11 is 0. The molecule has 1 aliphatic rings. The molecule has 1 atom stereocenters. The van der Waals surface area contributed by atoms with Gasteiger partial charge in [0.25, 0.3) is 0 Å². The van der Waals surface area contributed by atoms with Crippen molar-refractivity contribution in [3.05, 3.63) is 70.4 Å². The van der Waals surface area contributed by atoms with E-state index < -0.39 is 0 Å². The van der Waals surface area contributed by atoms with Crippen molar-refractivity contribution in [1.29, 1.82) is 5.26 Å². The fourth-order valence-electron chi connectivity index (χ4n) is 4.36. The summed E-state index contributed by atoms with van der Waals surface area (Å²) in [4.78, 5) is 18.1.